The van der Waals surface area contributed by atoms with E-state index in [4.69, 9.17) is 9.47 Å². The molecule has 0 aliphatic carbocycles. The molecule has 3 rings (SSSR count). The minimum absolute atomic E-state index is 0.0208. The molecule has 20 heavy (non-hydrogen) atoms. The van der Waals surface area contributed by atoms with Crippen LogP contribution in [0.25, 0.3) is 0 Å². The van der Waals surface area contributed by atoms with Crippen molar-refractivity contribution in [2.75, 3.05) is 26.4 Å². The molecule has 1 aromatic heterocycles. The summed E-state index contributed by atoms with van der Waals surface area (Å²) in [5, 5.41) is 5.46. The van der Waals surface area contributed by atoms with Crippen LogP contribution in [-0.2, 0) is 14.3 Å². The van der Waals surface area contributed by atoms with Crippen molar-refractivity contribution in [1.29, 1.82) is 0 Å². The molecule has 1 amide bonds. The van der Waals surface area contributed by atoms with Crippen LogP contribution in [0.5, 0.6) is 0 Å². The van der Waals surface area contributed by atoms with Gasteiger partial charge in [0.15, 0.2) is 0 Å². The van der Waals surface area contributed by atoms with E-state index >= 15 is 0 Å². The maximum Gasteiger partial charge on any atom is 0.241 e. The first kappa shape index (κ1) is 14.0. The van der Waals surface area contributed by atoms with Gasteiger partial charge in [-0.3, -0.25) is 10.1 Å². The summed E-state index contributed by atoms with van der Waals surface area (Å²) in [6.45, 7) is 4.45. The number of carbonyl (C=O) groups excluding carboxylic acids is 1. The van der Waals surface area contributed by atoms with Crippen LogP contribution in [0.15, 0.2) is 17.5 Å². The predicted octanol–water partition coefficient (Wildman–Crippen LogP) is 1.37. The van der Waals surface area contributed by atoms with Gasteiger partial charge in [0.1, 0.15) is 6.17 Å². The Kier molecular flexibility index (Phi) is 4.35. The van der Waals surface area contributed by atoms with Gasteiger partial charge in [-0.25, -0.2) is 0 Å². The molecule has 0 spiro atoms. The largest absolute Gasteiger partial charge is 0.376 e. The van der Waals surface area contributed by atoms with Gasteiger partial charge in [0.2, 0.25) is 5.91 Å². The average molecular weight is 296 g/mol. The van der Waals surface area contributed by atoms with Crippen molar-refractivity contribution in [2.45, 2.75) is 31.7 Å². The van der Waals surface area contributed by atoms with Crippen LogP contribution in [0.4, 0.5) is 0 Å². The van der Waals surface area contributed by atoms with E-state index < -0.39 is 0 Å². The van der Waals surface area contributed by atoms with Gasteiger partial charge in [-0.05, 0) is 17.9 Å². The van der Waals surface area contributed by atoms with Crippen molar-refractivity contribution in [3.8, 4) is 0 Å². The van der Waals surface area contributed by atoms with Crippen LogP contribution < -0.4 is 5.32 Å². The van der Waals surface area contributed by atoms with Gasteiger partial charge in [-0.2, -0.15) is 0 Å². The smallest absolute Gasteiger partial charge is 0.241 e. The highest BCUT2D eigenvalue weighted by atomic mass is 32.1. The summed E-state index contributed by atoms with van der Waals surface area (Å²) in [7, 11) is 0. The van der Waals surface area contributed by atoms with E-state index in [0.29, 0.717) is 26.4 Å². The molecule has 1 N–H and O–H groups in total. The number of hydrogen-bond donors (Lipinski definition) is 1. The SMILES string of the molecule is CCC1NC(c2cccs2)N(CC2COCCO2)C1=O. The third kappa shape index (κ3) is 2.74. The van der Waals surface area contributed by atoms with Crippen molar-refractivity contribution in [3.63, 3.8) is 0 Å². The first-order valence-electron chi connectivity index (χ1n) is 7.09. The Morgan fingerprint density at radius 2 is 2.40 bits per heavy atom. The number of nitrogens with one attached hydrogen (secondary N) is 1. The van der Waals surface area contributed by atoms with Crippen LogP contribution in [0.1, 0.15) is 24.4 Å². The first-order valence-corrected chi connectivity index (χ1v) is 7.97. The highest BCUT2D eigenvalue weighted by Crippen LogP contribution is 2.30. The summed E-state index contributed by atoms with van der Waals surface area (Å²) in [6, 6.07) is 3.99. The second-order valence-electron chi connectivity index (χ2n) is 5.10. The quantitative estimate of drug-likeness (QED) is 0.912. The number of nitrogens with zero attached hydrogens (tertiary/aromatic N) is 1. The molecule has 110 valence electrons. The molecule has 1 aromatic rings. The van der Waals surface area contributed by atoms with E-state index in [0.717, 1.165) is 6.42 Å². The van der Waals surface area contributed by atoms with E-state index in [2.05, 4.69) is 11.4 Å². The number of ether oxygens (including phenoxy) is 2. The maximum absolute atomic E-state index is 12.5. The Labute approximate surface area is 122 Å². The molecule has 2 saturated heterocycles. The Morgan fingerprint density at radius 3 is 3.05 bits per heavy atom. The van der Waals surface area contributed by atoms with E-state index in [1.807, 2.05) is 23.3 Å². The molecule has 0 radical (unpaired) electrons. The number of amides is 1. The molecule has 5 nitrogen and oxygen atoms in total. The zero-order valence-electron chi connectivity index (χ0n) is 11.6. The molecule has 2 aliphatic rings. The zero-order chi connectivity index (χ0) is 13.9. The van der Waals surface area contributed by atoms with E-state index in [-0.39, 0.29) is 24.2 Å². The van der Waals surface area contributed by atoms with Crippen molar-refractivity contribution in [3.05, 3.63) is 22.4 Å². The van der Waals surface area contributed by atoms with Crippen LogP contribution in [-0.4, -0.2) is 49.3 Å². The van der Waals surface area contributed by atoms with Gasteiger partial charge < -0.3 is 14.4 Å². The fourth-order valence-electron chi connectivity index (χ4n) is 2.71. The predicted molar refractivity (Wildman–Crippen MR) is 76.5 cm³/mol. The summed E-state index contributed by atoms with van der Waals surface area (Å²) in [4.78, 5) is 15.6. The van der Waals surface area contributed by atoms with Gasteiger partial charge in [0.05, 0.1) is 38.5 Å². The van der Waals surface area contributed by atoms with Gasteiger partial charge in [-0.1, -0.05) is 13.0 Å². The third-order valence-electron chi connectivity index (χ3n) is 3.76. The minimum atomic E-state index is -0.0911. The topological polar surface area (TPSA) is 50.8 Å². The van der Waals surface area contributed by atoms with E-state index in [9.17, 15) is 4.79 Å². The third-order valence-corrected chi connectivity index (χ3v) is 4.68. The number of rotatable bonds is 4. The van der Waals surface area contributed by atoms with Crippen LogP contribution >= 0.6 is 11.3 Å². The summed E-state index contributed by atoms with van der Waals surface area (Å²) in [5.74, 6) is 0.167. The Balaban J connectivity index is 1.75. The number of hydrogen-bond acceptors (Lipinski definition) is 5. The summed E-state index contributed by atoms with van der Waals surface area (Å²) in [5.41, 5.74) is 0. The van der Waals surface area contributed by atoms with Crippen molar-refractivity contribution < 1.29 is 14.3 Å². The molecule has 6 heteroatoms. The van der Waals surface area contributed by atoms with Gasteiger partial charge >= 0.3 is 0 Å². The Bertz CT molecular complexity index is 445. The average Bonchev–Trinajstić information content (AvgIpc) is 3.10. The lowest BCUT2D eigenvalue weighted by atomic mass is 10.2. The van der Waals surface area contributed by atoms with Gasteiger partial charge in [-0.15, -0.1) is 11.3 Å². The molecule has 3 heterocycles. The molecular weight excluding hydrogens is 276 g/mol. The summed E-state index contributed by atoms with van der Waals surface area (Å²) in [6.07, 6.45) is 0.754. The lowest BCUT2D eigenvalue weighted by Gasteiger charge is -2.30. The van der Waals surface area contributed by atoms with E-state index in [1.54, 1.807) is 11.3 Å². The molecule has 0 saturated carbocycles. The lowest BCUT2D eigenvalue weighted by molar-refractivity contribution is -0.137. The second kappa shape index (κ2) is 6.22. The van der Waals surface area contributed by atoms with Crippen LogP contribution in [0.2, 0.25) is 0 Å². The van der Waals surface area contributed by atoms with E-state index in [1.165, 1.54) is 4.88 Å². The maximum atomic E-state index is 12.5. The fourth-order valence-corrected chi connectivity index (χ4v) is 3.51. The molecular formula is C14H20N2O3S. The minimum Gasteiger partial charge on any atom is -0.376 e. The highest BCUT2D eigenvalue weighted by molar-refractivity contribution is 7.10. The second-order valence-corrected chi connectivity index (χ2v) is 6.08. The van der Waals surface area contributed by atoms with Gasteiger partial charge in [0.25, 0.3) is 0 Å². The molecule has 3 unspecified atom stereocenters. The normalized spacial score (nSPS) is 30.9. The first-order chi connectivity index (χ1) is 9.79. The molecule has 3 atom stereocenters. The van der Waals surface area contributed by atoms with Crippen LogP contribution in [0.3, 0.4) is 0 Å². The zero-order valence-corrected chi connectivity index (χ0v) is 12.4. The van der Waals surface area contributed by atoms with Crippen LogP contribution in [0, 0.1) is 0 Å². The number of thiophene rings is 1. The van der Waals surface area contributed by atoms with Gasteiger partial charge in [0, 0.05) is 4.88 Å². The fraction of sp³-hybridized carbons (Fsp3) is 0.643. The van der Waals surface area contributed by atoms with Crippen molar-refractivity contribution >= 4 is 17.2 Å². The molecule has 2 aliphatic heterocycles. The molecule has 0 aromatic carbocycles. The standard InChI is InChI=1S/C14H20N2O3S/c1-2-11-14(17)16(8-10-9-18-5-6-19-10)13(15-11)12-4-3-7-20-12/h3-4,7,10-11,13,15H,2,5-6,8-9H2,1H3. The number of carbonyl (C=O) groups is 1. The van der Waals surface area contributed by atoms with Crippen molar-refractivity contribution in [1.82, 2.24) is 10.2 Å². The summed E-state index contributed by atoms with van der Waals surface area (Å²) >= 11 is 1.67. The molecule has 0 bridgehead atoms. The van der Waals surface area contributed by atoms with Crippen molar-refractivity contribution in [2.24, 2.45) is 0 Å². The highest BCUT2D eigenvalue weighted by Gasteiger charge is 2.40. The lowest BCUT2D eigenvalue weighted by Crippen LogP contribution is -2.42. The molecule has 2 fully saturated rings. The monoisotopic (exact) mass is 296 g/mol. The Hall–Kier alpha value is -0.950. The Morgan fingerprint density at radius 1 is 1.50 bits per heavy atom. The summed E-state index contributed by atoms with van der Waals surface area (Å²) < 4.78 is 11.1.